The van der Waals surface area contributed by atoms with E-state index in [0.29, 0.717) is 13.2 Å². The van der Waals surface area contributed by atoms with Crippen LogP contribution in [-0.4, -0.2) is 13.2 Å². The summed E-state index contributed by atoms with van der Waals surface area (Å²) in [5.74, 6) is 1.94. The zero-order chi connectivity index (χ0) is 29.0. The van der Waals surface area contributed by atoms with Gasteiger partial charge in [-0.3, -0.25) is 0 Å². The smallest absolute Gasteiger partial charge is 0.208 e. The van der Waals surface area contributed by atoms with Crippen molar-refractivity contribution >= 4 is 70.6 Å². The van der Waals surface area contributed by atoms with Crippen LogP contribution in [0.15, 0.2) is 112 Å². The summed E-state index contributed by atoms with van der Waals surface area (Å²) in [6, 6.07) is 31.8. The van der Waals surface area contributed by atoms with Gasteiger partial charge < -0.3 is 9.47 Å². The van der Waals surface area contributed by atoms with Crippen LogP contribution in [0.4, 0.5) is 0 Å². The van der Waals surface area contributed by atoms with Crippen molar-refractivity contribution in [3.8, 4) is 22.3 Å². The van der Waals surface area contributed by atoms with Gasteiger partial charge in [0.1, 0.15) is 13.2 Å². The minimum Gasteiger partial charge on any atom is -0.480 e. The molecule has 0 radical (unpaired) electrons. The van der Waals surface area contributed by atoms with Gasteiger partial charge in [0.15, 0.2) is 0 Å². The first-order valence-electron chi connectivity index (χ1n) is 14.6. The standard InChI is InChI=1S/C36H26O2S6/c1-3-7-27-23(5-1)17-25-15-21(9-11-29(25)27)19-39-33-34(44-36(43-33)35-41-31-32(42-35)38-14-13-37-31)40-20-22-10-12-30-26(16-22)18-24-6-2-4-8-28(24)30/h1-12,15-16H,13-14,17-20H2. The Balaban J connectivity index is 0.945. The van der Waals surface area contributed by atoms with Gasteiger partial charge in [0.2, 0.25) is 10.2 Å². The summed E-state index contributed by atoms with van der Waals surface area (Å²) in [5.41, 5.74) is 14.2. The average Bonchev–Trinajstić information content (AvgIpc) is 3.84. The second kappa shape index (κ2) is 11.9. The number of fused-ring (bicyclic) bond motifs is 6. The van der Waals surface area contributed by atoms with E-state index in [1.165, 1.54) is 72.6 Å². The number of rotatable bonds is 6. The molecule has 0 bridgehead atoms. The molecule has 44 heavy (non-hydrogen) atoms. The maximum atomic E-state index is 5.90. The number of hydrogen-bond donors (Lipinski definition) is 0. The fourth-order valence-electron chi connectivity index (χ4n) is 6.21. The molecule has 218 valence electrons. The van der Waals surface area contributed by atoms with Gasteiger partial charge in [-0.2, -0.15) is 0 Å². The van der Waals surface area contributed by atoms with Gasteiger partial charge in [0, 0.05) is 11.5 Å². The van der Waals surface area contributed by atoms with E-state index in [2.05, 4.69) is 84.9 Å². The van der Waals surface area contributed by atoms with E-state index in [9.17, 15) is 0 Å². The molecular formula is C36H26O2S6. The zero-order valence-corrected chi connectivity index (χ0v) is 28.5. The third-order valence-corrected chi connectivity index (χ3v) is 16.8. The van der Waals surface area contributed by atoms with Gasteiger partial charge in [-0.05, 0) is 92.0 Å². The van der Waals surface area contributed by atoms with Crippen molar-refractivity contribution in [2.24, 2.45) is 0 Å². The lowest BCUT2D eigenvalue weighted by atomic mass is 10.0. The lowest BCUT2D eigenvalue weighted by Gasteiger charge is -2.13. The molecule has 3 heterocycles. The molecule has 0 saturated carbocycles. The molecule has 0 atom stereocenters. The molecule has 4 aromatic rings. The van der Waals surface area contributed by atoms with Crippen LogP contribution >= 0.6 is 70.6 Å². The second-order valence-electron chi connectivity index (χ2n) is 11.1. The summed E-state index contributed by atoms with van der Waals surface area (Å²) >= 11 is 11.3. The highest BCUT2D eigenvalue weighted by atomic mass is 32.3. The predicted molar refractivity (Wildman–Crippen MR) is 195 cm³/mol. The van der Waals surface area contributed by atoms with E-state index in [-0.39, 0.29) is 0 Å². The van der Waals surface area contributed by atoms with Gasteiger partial charge in [0.25, 0.3) is 0 Å². The number of benzene rings is 4. The fourth-order valence-corrected chi connectivity index (χ4v) is 14.5. The molecule has 0 N–H and O–H groups in total. The third-order valence-electron chi connectivity index (χ3n) is 8.25. The van der Waals surface area contributed by atoms with Crippen LogP contribution in [0, 0.1) is 0 Å². The molecule has 2 nitrogen and oxygen atoms in total. The summed E-state index contributed by atoms with van der Waals surface area (Å²) in [7, 11) is 0. The fraction of sp³-hybridized carbons (Fsp3) is 0.167. The van der Waals surface area contributed by atoms with Crippen LogP contribution in [0.2, 0.25) is 0 Å². The number of hydrogen-bond acceptors (Lipinski definition) is 8. The Kier molecular flexibility index (Phi) is 7.57. The largest absolute Gasteiger partial charge is 0.480 e. The predicted octanol–water partition coefficient (Wildman–Crippen LogP) is 11.4. The van der Waals surface area contributed by atoms with Crippen molar-refractivity contribution in [2.45, 2.75) is 24.3 Å². The van der Waals surface area contributed by atoms with Gasteiger partial charge in [-0.1, -0.05) is 108 Å². The monoisotopic (exact) mass is 682 g/mol. The molecule has 9 rings (SSSR count). The highest BCUT2D eigenvalue weighted by Crippen LogP contribution is 2.64. The topological polar surface area (TPSA) is 18.5 Å². The summed E-state index contributed by atoms with van der Waals surface area (Å²) in [5, 5.41) is 1.86. The minimum absolute atomic E-state index is 0.632. The molecule has 0 aromatic heterocycles. The summed E-state index contributed by atoms with van der Waals surface area (Å²) < 4.78 is 17.2. The normalized spacial score (nSPS) is 17.7. The van der Waals surface area contributed by atoms with Crippen LogP contribution in [0.3, 0.4) is 0 Å². The first-order valence-corrected chi connectivity index (χ1v) is 19.8. The third kappa shape index (κ3) is 5.25. The molecule has 0 amide bonds. The molecular weight excluding hydrogens is 657 g/mol. The second-order valence-corrected chi connectivity index (χ2v) is 18.1. The molecule has 0 fully saturated rings. The average molecular weight is 683 g/mol. The Hall–Kier alpha value is -2.20. The van der Waals surface area contributed by atoms with E-state index in [1.807, 2.05) is 47.0 Å². The van der Waals surface area contributed by atoms with Gasteiger partial charge in [0.05, 0.1) is 16.9 Å². The van der Waals surface area contributed by atoms with Crippen molar-refractivity contribution < 1.29 is 9.47 Å². The van der Waals surface area contributed by atoms with Crippen LogP contribution < -0.4 is 0 Å². The molecule has 4 aromatic carbocycles. The minimum atomic E-state index is 0.632. The van der Waals surface area contributed by atoms with Crippen molar-refractivity contribution in [3.63, 3.8) is 0 Å². The number of thioether (sulfide) groups is 6. The van der Waals surface area contributed by atoms with Crippen LogP contribution in [0.25, 0.3) is 22.3 Å². The maximum absolute atomic E-state index is 5.90. The van der Waals surface area contributed by atoms with Crippen molar-refractivity contribution in [3.05, 3.63) is 145 Å². The molecule has 0 saturated heterocycles. The van der Waals surface area contributed by atoms with Crippen LogP contribution in [0.5, 0.6) is 0 Å². The number of ether oxygens (including phenoxy) is 2. The molecule has 8 heteroatoms. The Morgan fingerprint density at radius 1 is 0.500 bits per heavy atom. The Bertz CT molecular complexity index is 1810. The molecule has 0 unspecified atom stereocenters. The van der Waals surface area contributed by atoms with Crippen molar-refractivity contribution in [1.29, 1.82) is 0 Å². The summed E-state index contributed by atoms with van der Waals surface area (Å²) in [6.45, 7) is 1.26. The van der Waals surface area contributed by atoms with Crippen LogP contribution in [0.1, 0.15) is 33.4 Å². The van der Waals surface area contributed by atoms with E-state index < -0.39 is 0 Å². The molecule has 0 spiro atoms. The Morgan fingerprint density at radius 3 is 1.48 bits per heavy atom. The highest BCUT2D eigenvalue weighted by Gasteiger charge is 2.34. The summed E-state index contributed by atoms with van der Waals surface area (Å²) in [6.07, 6.45) is 2.08. The maximum Gasteiger partial charge on any atom is 0.208 e. The van der Waals surface area contributed by atoms with Crippen molar-refractivity contribution in [2.75, 3.05) is 13.2 Å². The summed E-state index contributed by atoms with van der Waals surface area (Å²) in [4.78, 5) is 0. The first-order chi connectivity index (χ1) is 21.7. The lowest BCUT2D eigenvalue weighted by Crippen LogP contribution is -2.08. The molecule has 3 aliphatic heterocycles. The van der Waals surface area contributed by atoms with Crippen molar-refractivity contribution in [1.82, 2.24) is 0 Å². The van der Waals surface area contributed by atoms with E-state index in [1.54, 1.807) is 23.5 Å². The SMILES string of the molecule is c1ccc2c(c1)Cc1cc(CSC3=C(SCc4ccc5c(c4)Cc4ccccc4-5)SC(=C4SC5=C(OCCO5)S4)S3)ccc1-2. The Morgan fingerprint density at radius 2 is 0.955 bits per heavy atom. The molecule has 5 aliphatic rings. The van der Waals surface area contributed by atoms with E-state index in [0.717, 1.165) is 34.5 Å². The van der Waals surface area contributed by atoms with Gasteiger partial charge in [-0.15, -0.1) is 23.5 Å². The quantitative estimate of drug-likeness (QED) is 0.171. The Labute approximate surface area is 283 Å². The first kappa shape index (κ1) is 28.1. The van der Waals surface area contributed by atoms with E-state index >= 15 is 0 Å². The molecule has 2 aliphatic carbocycles. The zero-order valence-electron chi connectivity index (χ0n) is 23.6. The highest BCUT2D eigenvalue weighted by molar-refractivity contribution is 8.42. The van der Waals surface area contributed by atoms with Crippen LogP contribution in [-0.2, 0) is 33.8 Å². The lowest BCUT2D eigenvalue weighted by molar-refractivity contribution is 0.0949. The van der Waals surface area contributed by atoms with E-state index in [4.69, 9.17) is 9.47 Å². The van der Waals surface area contributed by atoms with Gasteiger partial charge >= 0.3 is 0 Å². The van der Waals surface area contributed by atoms with Gasteiger partial charge in [-0.25, -0.2) is 0 Å².